The smallest absolute Gasteiger partial charge is 0.355 e. The Labute approximate surface area is 197 Å². The van der Waals surface area contributed by atoms with Crippen molar-refractivity contribution in [1.29, 1.82) is 0 Å². The van der Waals surface area contributed by atoms with Crippen LogP contribution in [-0.4, -0.2) is 27.9 Å². The second-order valence-electron chi connectivity index (χ2n) is 8.32. The standard InChI is InChI=1S/C24H19F4N5O2/c25-13-1-8-17(19(11-13)24(26,27)28)22(34)31-15-4-2-14(3-5-15)30-20-9-10-29-21-18(20)12-33(16-6-7-16)23(35)32-21/h1-5,8-11,16H,6-7,12H2,(H,31,34)(H2,29,30,32,35). The van der Waals surface area contributed by atoms with Crippen molar-refractivity contribution in [2.24, 2.45) is 0 Å². The van der Waals surface area contributed by atoms with E-state index < -0.39 is 29.0 Å². The lowest BCUT2D eigenvalue weighted by Gasteiger charge is -2.30. The van der Waals surface area contributed by atoms with Crippen LogP contribution in [0.3, 0.4) is 0 Å². The highest BCUT2D eigenvalue weighted by Gasteiger charge is 2.37. The summed E-state index contributed by atoms with van der Waals surface area (Å²) in [7, 11) is 0. The molecule has 35 heavy (non-hydrogen) atoms. The topological polar surface area (TPSA) is 86.4 Å². The number of nitrogens with one attached hydrogen (secondary N) is 3. The monoisotopic (exact) mass is 485 g/mol. The van der Waals surface area contributed by atoms with Gasteiger partial charge in [-0.3, -0.25) is 10.1 Å². The zero-order valence-corrected chi connectivity index (χ0v) is 18.1. The third-order valence-corrected chi connectivity index (χ3v) is 5.81. The Morgan fingerprint density at radius 1 is 1.06 bits per heavy atom. The van der Waals surface area contributed by atoms with Crippen molar-refractivity contribution < 1.29 is 27.2 Å². The third-order valence-electron chi connectivity index (χ3n) is 5.81. The van der Waals surface area contributed by atoms with E-state index in [1.54, 1.807) is 29.3 Å². The van der Waals surface area contributed by atoms with E-state index in [0.717, 1.165) is 36.2 Å². The minimum Gasteiger partial charge on any atom is -0.355 e. The summed E-state index contributed by atoms with van der Waals surface area (Å²) in [5.41, 5.74) is 0.492. The van der Waals surface area contributed by atoms with Crippen LogP contribution >= 0.6 is 0 Å². The summed E-state index contributed by atoms with van der Waals surface area (Å²) in [6.07, 6.45) is -1.35. The molecule has 2 heterocycles. The minimum atomic E-state index is -4.87. The fraction of sp³-hybridized carbons (Fsp3) is 0.208. The summed E-state index contributed by atoms with van der Waals surface area (Å²) in [6, 6.07) is 10.1. The molecule has 0 saturated heterocycles. The van der Waals surface area contributed by atoms with Crippen LogP contribution in [0.4, 0.5) is 45.2 Å². The highest BCUT2D eigenvalue weighted by atomic mass is 19.4. The van der Waals surface area contributed by atoms with E-state index in [9.17, 15) is 27.2 Å². The molecule has 0 unspecified atom stereocenters. The minimum absolute atomic E-state index is 0.167. The SMILES string of the molecule is O=C(Nc1ccc(Nc2ccnc3c2CN(C2CC2)C(=O)N3)cc1)c1ccc(F)cc1C(F)(F)F. The molecule has 1 fully saturated rings. The fourth-order valence-corrected chi connectivity index (χ4v) is 3.91. The molecule has 3 N–H and O–H groups in total. The first-order valence-electron chi connectivity index (χ1n) is 10.8. The Morgan fingerprint density at radius 2 is 1.77 bits per heavy atom. The second kappa shape index (κ2) is 8.57. The van der Waals surface area contributed by atoms with Crippen molar-refractivity contribution in [3.8, 4) is 0 Å². The van der Waals surface area contributed by atoms with Gasteiger partial charge in [0.2, 0.25) is 0 Å². The fourth-order valence-electron chi connectivity index (χ4n) is 3.91. The van der Waals surface area contributed by atoms with Gasteiger partial charge in [-0.25, -0.2) is 14.2 Å². The van der Waals surface area contributed by atoms with Gasteiger partial charge >= 0.3 is 12.2 Å². The van der Waals surface area contributed by atoms with Gasteiger partial charge in [0.1, 0.15) is 11.6 Å². The predicted octanol–water partition coefficient (Wildman–Crippen LogP) is 5.75. The Hall–Kier alpha value is -4.15. The van der Waals surface area contributed by atoms with Crippen molar-refractivity contribution in [3.05, 3.63) is 77.2 Å². The van der Waals surface area contributed by atoms with Crippen LogP contribution in [0, 0.1) is 5.82 Å². The zero-order valence-electron chi connectivity index (χ0n) is 18.1. The number of amides is 3. The van der Waals surface area contributed by atoms with Crippen molar-refractivity contribution in [1.82, 2.24) is 9.88 Å². The third kappa shape index (κ3) is 4.75. The maximum absolute atomic E-state index is 13.3. The second-order valence-corrected chi connectivity index (χ2v) is 8.32. The van der Waals surface area contributed by atoms with Gasteiger partial charge in [0, 0.05) is 34.9 Å². The van der Waals surface area contributed by atoms with E-state index >= 15 is 0 Å². The van der Waals surface area contributed by atoms with E-state index in [1.165, 1.54) is 12.1 Å². The van der Waals surface area contributed by atoms with E-state index in [0.29, 0.717) is 24.1 Å². The van der Waals surface area contributed by atoms with E-state index in [2.05, 4.69) is 20.9 Å². The summed E-state index contributed by atoms with van der Waals surface area (Å²) >= 11 is 0. The van der Waals surface area contributed by atoms with Gasteiger partial charge in [0.25, 0.3) is 5.91 Å². The molecule has 2 aliphatic rings. The van der Waals surface area contributed by atoms with Crippen molar-refractivity contribution >= 4 is 34.8 Å². The number of carbonyl (C=O) groups excluding carboxylic acids is 2. The lowest BCUT2D eigenvalue weighted by Crippen LogP contribution is -2.40. The van der Waals surface area contributed by atoms with E-state index in [4.69, 9.17) is 0 Å². The van der Waals surface area contributed by atoms with Crippen LogP contribution in [0.25, 0.3) is 0 Å². The number of pyridine rings is 1. The number of rotatable bonds is 5. The highest BCUT2D eigenvalue weighted by molar-refractivity contribution is 6.05. The number of halogens is 4. The van der Waals surface area contributed by atoms with E-state index in [1.807, 2.05) is 0 Å². The number of hydrogen-bond donors (Lipinski definition) is 3. The Bertz CT molecular complexity index is 1310. The highest BCUT2D eigenvalue weighted by Crippen LogP contribution is 2.36. The van der Waals surface area contributed by atoms with Crippen LogP contribution in [0.15, 0.2) is 54.7 Å². The molecule has 0 atom stereocenters. The van der Waals surface area contributed by atoms with Gasteiger partial charge in [0.15, 0.2) is 0 Å². The molecule has 3 amide bonds. The van der Waals surface area contributed by atoms with E-state index in [-0.39, 0.29) is 17.8 Å². The van der Waals surface area contributed by atoms with Gasteiger partial charge in [-0.2, -0.15) is 13.2 Å². The number of fused-ring (bicyclic) bond motifs is 1. The van der Waals surface area contributed by atoms with Crippen molar-refractivity contribution in [3.63, 3.8) is 0 Å². The Kier molecular flexibility index (Phi) is 5.54. The summed E-state index contributed by atoms with van der Waals surface area (Å²) < 4.78 is 53.0. The number of urea groups is 1. The molecule has 0 spiro atoms. The predicted molar refractivity (Wildman–Crippen MR) is 121 cm³/mol. The molecule has 0 radical (unpaired) electrons. The molecule has 1 saturated carbocycles. The summed E-state index contributed by atoms with van der Waals surface area (Å²) in [4.78, 5) is 30.7. The molecule has 0 bridgehead atoms. The zero-order chi connectivity index (χ0) is 24.7. The number of carbonyl (C=O) groups is 2. The normalized spacial score (nSPS) is 15.3. The molecule has 2 aromatic carbocycles. The first-order chi connectivity index (χ1) is 16.7. The average Bonchev–Trinajstić information content (AvgIpc) is 3.65. The molecule has 5 rings (SSSR count). The van der Waals surface area contributed by atoms with Crippen LogP contribution in [0.2, 0.25) is 0 Å². The molecule has 1 aliphatic carbocycles. The van der Waals surface area contributed by atoms with Gasteiger partial charge in [-0.05, 0) is 61.4 Å². The molecule has 11 heteroatoms. The van der Waals surface area contributed by atoms with Crippen LogP contribution in [0.1, 0.15) is 34.3 Å². The number of benzene rings is 2. The quantitative estimate of drug-likeness (QED) is 0.402. The van der Waals surface area contributed by atoms with Gasteiger partial charge in [-0.1, -0.05) is 0 Å². The molecular weight excluding hydrogens is 466 g/mol. The van der Waals surface area contributed by atoms with Crippen molar-refractivity contribution in [2.45, 2.75) is 31.6 Å². The number of alkyl halides is 3. The average molecular weight is 485 g/mol. The van der Waals surface area contributed by atoms with Crippen LogP contribution in [-0.2, 0) is 12.7 Å². The molecule has 7 nitrogen and oxygen atoms in total. The summed E-state index contributed by atoms with van der Waals surface area (Å²) in [5, 5.41) is 8.47. The lowest BCUT2D eigenvalue weighted by molar-refractivity contribution is -0.138. The summed E-state index contributed by atoms with van der Waals surface area (Å²) in [5.74, 6) is -1.60. The first kappa shape index (κ1) is 22.6. The number of hydrogen-bond acceptors (Lipinski definition) is 4. The molecule has 180 valence electrons. The molecule has 1 aromatic heterocycles. The Morgan fingerprint density at radius 3 is 2.46 bits per heavy atom. The van der Waals surface area contributed by atoms with Crippen LogP contribution < -0.4 is 16.0 Å². The van der Waals surface area contributed by atoms with Gasteiger partial charge < -0.3 is 15.5 Å². The molecule has 3 aromatic rings. The number of anilines is 4. The summed E-state index contributed by atoms with van der Waals surface area (Å²) in [6.45, 7) is 0.426. The number of nitrogens with zero attached hydrogens (tertiary/aromatic N) is 2. The maximum Gasteiger partial charge on any atom is 0.417 e. The molecular formula is C24H19F4N5O2. The first-order valence-corrected chi connectivity index (χ1v) is 10.8. The van der Waals surface area contributed by atoms with Gasteiger partial charge in [0.05, 0.1) is 17.7 Å². The van der Waals surface area contributed by atoms with Crippen LogP contribution in [0.5, 0.6) is 0 Å². The lowest BCUT2D eigenvalue weighted by atomic mass is 10.1. The Balaban J connectivity index is 1.31. The molecule has 1 aliphatic heterocycles. The maximum atomic E-state index is 13.3. The van der Waals surface area contributed by atoms with Crippen molar-refractivity contribution in [2.75, 3.05) is 16.0 Å². The largest absolute Gasteiger partial charge is 0.417 e. The van der Waals surface area contributed by atoms with Gasteiger partial charge in [-0.15, -0.1) is 0 Å². The number of aromatic nitrogens is 1.